The van der Waals surface area contributed by atoms with Gasteiger partial charge in [-0.3, -0.25) is 14.9 Å². The van der Waals surface area contributed by atoms with E-state index in [1.54, 1.807) is 39.0 Å². The minimum absolute atomic E-state index is 0.117. The summed E-state index contributed by atoms with van der Waals surface area (Å²) in [7, 11) is 0. The number of aromatic nitrogens is 1. The molecule has 0 saturated carbocycles. The molecule has 4 rings (SSSR count). The molecule has 0 saturated heterocycles. The number of benzene rings is 3. The predicted octanol–water partition coefficient (Wildman–Crippen LogP) is 7.98. The Bertz CT molecular complexity index is 1610. The number of nitrogens with one attached hydrogen (secondary N) is 1. The molecule has 39 heavy (non-hydrogen) atoms. The first kappa shape index (κ1) is 27.8. The predicted molar refractivity (Wildman–Crippen MR) is 156 cm³/mol. The molecular formula is C30H25ClN4O3S. The number of hydrogen-bond acceptors (Lipinski definition) is 6. The highest BCUT2D eigenvalue weighted by molar-refractivity contribution is 8.01. The topological polar surface area (TPSA) is 109 Å². The Balaban J connectivity index is 1.77. The van der Waals surface area contributed by atoms with Crippen LogP contribution in [-0.2, 0) is 4.79 Å². The van der Waals surface area contributed by atoms with Gasteiger partial charge in [-0.05, 0) is 57.0 Å². The summed E-state index contributed by atoms with van der Waals surface area (Å²) in [6, 6.07) is 23.6. The van der Waals surface area contributed by atoms with Crippen molar-refractivity contribution in [2.45, 2.75) is 37.5 Å². The van der Waals surface area contributed by atoms with Gasteiger partial charge in [0.15, 0.2) is 0 Å². The SMILES string of the molecule is Cc1ccc(-c2cc(-c3ccc(Cl)cc3)nc(SC(C)(C)C(=O)Nc3cc([N+](=O)[O-])ccc3C)c2C#N)cc1. The molecule has 7 nitrogen and oxygen atoms in total. The summed E-state index contributed by atoms with van der Waals surface area (Å²) in [5, 5.41) is 25.3. The van der Waals surface area contributed by atoms with Crippen molar-refractivity contribution in [3.05, 3.63) is 105 Å². The molecule has 0 radical (unpaired) electrons. The maximum Gasteiger partial charge on any atom is 0.271 e. The van der Waals surface area contributed by atoms with Crippen molar-refractivity contribution in [1.82, 2.24) is 4.98 Å². The number of thioether (sulfide) groups is 1. The number of anilines is 1. The first-order chi connectivity index (χ1) is 18.5. The summed E-state index contributed by atoms with van der Waals surface area (Å²) in [5.41, 5.74) is 5.37. The first-order valence-corrected chi connectivity index (χ1v) is 13.2. The summed E-state index contributed by atoms with van der Waals surface area (Å²) >= 11 is 7.26. The maximum atomic E-state index is 13.4. The molecule has 0 unspecified atom stereocenters. The van der Waals surface area contributed by atoms with E-state index in [1.165, 1.54) is 12.1 Å². The molecule has 1 amide bonds. The Hall–Kier alpha value is -4.19. The van der Waals surface area contributed by atoms with Crippen molar-refractivity contribution in [3.8, 4) is 28.5 Å². The molecule has 1 heterocycles. The third-order valence-electron chi connectivity index (χ3n) is 6.18. The number of carbonyl (C=O) groups is 1. The largest absolute Gasteiger partial charge is 0.324 e. The van der Waals surface area contributed by atoms with Gasteiger partial charge in [-0.25, -0.2) is 4.98 Å². The normalized spacial score (nSPS) is 11.1. The van der Waals surface area contributed by atoms with Crippen molar-refractivity contribution in [3.63, 3.8) is 0 Å². The molecule has 0 atom stereocenters. The second kappa shape index (κ2) is 11.3. The zero-order valence-electron chi connectivity index (χ0n) is 21.8. The van der Waals surface area contributed by atoms with E-state index in [9.17, 15) is 20.2 Å². The highest BCUT2D eigenvalue weighted by Crippen LogP contribution is 2.40. The Labute approximate surface area is 236 Å². The van der Waals surface area contributed by atoms with Gasteiger partial charge in [0.1, 0.15) is 11.1 Å². The minimum atomic E-state index is -1.08. The van der Waals surface area contributed by atoms with Gasteiger partial charge >= 0.3 is 0 Å². The smallest absolute Gasteiger partial charge is 0.271 e. The lowest BCUT2D eigenvalue weighted by Gasteiger charge is -2.24. The molecule has 196 valence electrons. The van der Waals surface area contributed by atoms with Crippen molar-refractivity contribution in [2.75, 3.05) is 5.32 Å². The second-order valence-electron chi connectivity index (χ2n) is 9.54. The van der Waals surface area contributed by atoms with E-state index in [0.717, 1.165) is 28.5 Å². The number of pyridine rings is 1. The number of nitro groups is 1. The number of non-ortho nitro benzene ring substituents is 1. The number of nitriles is 1. The Morgan fingerprint density at radius 1 is 1.03 bits per heavy atom. The number of carbonyl (C=O) groups excluding carboxylic acids is 1. The summed E-state index contributed by atoms with van der Waals surface area (Å²) < 4.78 is -1.08. The number of rotatable bonds is 7. The van der Waals surface area contributed by atoms with Crippen LogP contribution in [0.1, 0.15) is 30.5 Å². The fourth-order valence-corrected chi connectivity index (χ4v) is 5.01. The van der Waals surface area contributed by atoms with Gasteiger partial charge < -0.3 is 5.32 Å². The van der Waals surface area contributed by atoms with Gasteiger partial charge in [0.25, 0.3) is 5.69 Å². The zero-order valence-corrected chi connectivity index (χ0v) is 23.4. The van der Waals surface area contributed by atoms with Crippen LogP contribution in [0.3, 0.4) is 0 Å². The number of halogens is 1. The van der Waals surface area contributed by atoms with Crippen LogP contribution >= 0.6 is 23.4 Å². The lowest BCUT2D eigenvalue weighted by Crippen LogP contribution is -2.34. The lowest BCUT2D eigenvalue weighted by atomic mass is 9.98. The number of hydrogen-bond donors (Lipinski definition) is 1. The van der Waals surface area contributed by atoms with Crippen molar-refractivity contribution < 1.29 is 9.72 Å². The van der Waals surface area contributed by atoms with Gasteiger partial charge in [-0.2, -0.15) is 5.26 Å². The molecule has 9 heteroatoms. The number of nitrogens with zero attached hydrogens (tertiary/aromatic N) is 3. The van der Waals surface area contributed by atoms with Gasteiger partial charge in [-0.1, -0.05) is 71.4 Å². The molecule has 0 fully saturated rings. The molecule has 0 aliphatic rings. The van der Waals surface area contributed by atoms with Crippen LogP contribution in [0.15, 0.2) is 77.8 Å². The van der Waals surface area contributed by atoms with E-state index in [4.69, 9.17) is 16.6 Å². The fraction of sp³-hybridized carbons (Fsp3) is 0.167. The lowest BCUT2D eigenvalue weighted by molar-refractivity contribution is -0.384. The van der Waals surface area contributed by atoms with Crippen molar-refractivity contribution in [1.29, 1.82) is 5.26 Å². The van der Waals surface area contributed by atoms with Crippen LogP contribution in [0.2, 0.25) is 5.02 Å². The van der Waals surface area contributed by atoms with Gasteiger partial charge in [0.05, 0.1) is 26.6 Å². The molecule has 4 aromatic rings. The quantitative estimate of drug-likeness (QED) is 0.140. The first-order valence-electron chi connectivity index (χ1n) is 12.0. The van der Waals surface area contributed by atoms with Crippen molar-refractivity contribution in [2.24, 2.45) is 0 Å². The van der Waals surface area contributed by atoms with E-state index in [0.29, 0.717) is 38.1 Å². The third-order valence-corrected chi connectivity index (χ3v) is 7.62. The standard InChI is InChI=1S/C30H25ClN4O3S/c1-18-5-8-20(9-6-18)24-16-27(21-10-12-22(31)13-11-21)33-28(25(24)17-32)39-30(3,4)29(36)34-26-15-23(35(37)38)14-7-19(26)2/h5-16H,1-4H3,(H,34,36). The van der Waals surface area contributed by atoms with Crippen molar-refractivity contribution >= 4 is 40.6 Å². The van der Waals surface area contributed by atoms with Gasteiger partial charge in [0.2, 0.25) is 5.91 Å². The molecular weight excluding hydrogens is 532 g/mol. The highest BCUT2D eigenvalue weighted by atomic mass is 35.5. The molecule has 0 bridgehead atoms. The average Bonchev–Trinajstić information content (AvgIpc) is 2.90. The number of amides is 1. The van der Waals surface area contributed by atoms with E-state index in [2.05, 4.69) is 11.4 Å². The third kappa shape index (κ3) is 6.28. The van der Waals surface area contributed by atoms with Crippen LogP contribution in [0.5, 0.6) is 0 Å². The summed E-state index contributed by atoms with van der Waals surface area (Å²) in [6.07, 6.45) is 0. The van der Waals surface area contributed by atoms with Crippen LogP contribution in [0.4, 0.5) is 11.4 Å². The Morgan fingerprint density at radius 2 is 1.67 bits per heavy atom. The maximum absolute atomic E-state index is 13.4. The van der Waals surface area contributed by atoms with Crippen LogP contribution < -0.4 is 5.32 Å². The molecule has 3 aromatic carbocycles. The van der Waals surface area contributed by atoms with Crippen LogP contribution in [0, 0.1) is 35.3 Å². The van der Waals surface area contributed by atoms with Gasteiger partial charge in [-0.15, -0.1) is 0 Å². The molecule has 1 aromatic heterocycles. The van der Waals surface area contributed by atoms with E-state index >= 15 is 0 Å². The van der Waals surface area contributed by atoms with Crippen LogP contribution in [0.25, 0.3) is 22.4 Å². The monoisotopic (exact) mass is 556 g/mol. The Morgan fingerprint density at radius 3 is 2.28 bits per heavy atom. The van der Waals surface area contributed by atoms with E-state index in [-0.39, 0.29) is 11.6 Å². The average molecular weight is 557 g/mol. The molecule has 0 aliphatic heterocycles. The highest BCUT2D eigenvalue weighted by Gasteiger charge is 2.32. The minimum Gasteiger partial charge on any atom is -0.324 e. The second-order valence-corrected chi connectivity index (χ2v) is 11.6. The fourth-order valence-electron chi connectivity index (χ4n) is 3.85. The molecule has 0 aliphatic carbocycles. The number of nitro benzene ring substituents is 1. The Kier molecular flexibility index (Phi) is 8.05. The molecule has 1 N–H and O–H groups in total. The molecule has 0 spiro atoms. The zero-order chi connectivity index (χ0) is 28.3. The van der Waals surface area contributed by atoms with Crippen LogP contribution in [-0.4, -0.2) is 20.6 Å². The van der Waals surface area contributed by atoms with Gasteiger partial charge in [0, 0.05) is 28.3 Å². The summed E-state index contributed by atoms with van der Waals surface area (Å²) in [5.74, 6) is -0.379. The summed E-state index contributed by atoms with van der Waals surface area (Å²) in [4.78, 5) is 29.0. The van der Waals surface area contributed by atoms with E-state index < -0.39 is 9.67 Å². The number of aryl methyl sites for hydroxylation is 2. The van der Waals surface area contributed by atoms with E-state index in [1.807, 2.05) is 49.4 Å². The summed E-state index contributed by atoms with van der Waals surface area (Å²) in [6.45, 7) is 7.20.